The third-order valence-electron chi connectivity index (χ3n) is 3.08. The van der Waals surface area contributed by atoms with E-state index in [0.717, 1.165) is 0 Å². The summed E-state index contributed by atoms with van der Waals surface area (Å²) in [4.78, 5) is 28.1. The molecule has 6 heteroatoms. The number of carbonyl (C=O) groups is 2. The van der Waals surface area contributed by atoms with E-state index in [9.17, 15) is 14.7 Å². The Bertz CT molecular complexity index is 736. The summed E-state index contributed by atoms with van der Waals surface area (Å²) in [6.07, 6.45) is 1.47. The minimum atomic E-state index is -0.530. The number of carbonyl (C=O) groups excluding carboxylic acids is 2. The summed E-state index contributed by atoms with van der Waals surface area (Å²) >= 11 is 0. The topological polar surface area (TPSA) is 91.3 Å². The number of benzene rings is 1. The lowest BCUT2D eigenvalue weighted by Gasteiger charge is -2.18. The highest BCUT2D eigenvalue weighted by molar-refractivity contribution is 6.05. The molecule has 0 atom stereocenters. The van der Waals surface area contributed by atoms with E-state index in [0.29, 0.717) is 11.3 Å². The van der Waals surface area contributed by atoms with Crippen LogP contribution in [-0.2, 0) is 4.79 Å². The predicted molar refractivity (Wildman–Crippen MR) is 88.4 cm³/mol. The number of nitrogens with one attached hydrogen (secondary N) is 2. The van der Waals surface area contributed by atoms with Gasteiger partial charge in [-0.2, -0.15) is 0 Å². The van der Waals surface area contributed by atoms with Crippen LogP contribution in [0.4, 0.5) is 11.5 Å². The molecule has 0 aliphatic rings. The lowest BCUT2D eigenvalue weighted by Crippen LogP contribution is -2.27. The molecule has 1 aromatic heterocycles. The highest BCUT2D eigenvalue weighted by atomic mass is 16.3. The summed E-state index contributed by atoms with van der Waals surface area (Å²) in [6.45, 7) is 5.42. The van der Waals surface area contributed by atoms with E-state index < -0.39 is 11.3 Å². The van der Waals surface area contributed by atoms with Crippen molar-refractivity contribution in [2.45, 2.75) is 20.8 Å². The molecule has 0 bridgehead atoms. The number of aromatic nitrogens is 1. The molecule has 6 nitrogen and oxygen atoms in total. The monoisotopic (exact) mass is 313 g/mol. The maximum atomic E-state index is 12.2. The van der Waals surface area contributed by atoms with Gasteiger partial charge in [0.05, 0.1) is 0 Å². The second kappa shape index (κ2) is 6.48. The summed E-state index contributed by atoms with van der Waals surface area (Å²) < 4.78 is 0. The number of aromatic hydroxyl groups is 1. The minimum Gasteiger partial charge on any atom is -0.504 e. The first-order valence-corrected chi connectivity index (χ1v) is 7.14. The zero-order valence-electron chi connectivity index (χ0n) is 13.3. The third-order valence-corrected chi connectivity index (χ3v) is 3.08. The summed E-state index contributed by atoms with van der Waals surface area (Å²) in [5.74, 6) is -0.594. The van der Waals surface area contributed by atoms with E-state index in [-0.39, 0.29) is 17.5 Å². The standard InChI is InChI=1S/C17H19N3O3/c1-17(2,3)16(23)19-12-7-4-6-11(10-12)15(22)20-14-13(21)8-5-9-18-14/h4-10,21H,1-3H3,(H,19,23)(H,18,20,22). The Balaban J connectivity index is 2.15. The van der Waals surface area contributed by atoms with Crippen molar-refractivity contribution in [1.29, 1.82) is 0 Å². The van der Waals surface area contributed by atoms with Gasteiger partial charge in [0.15, 0.2) is 11.6 Å². The van der Waals surface area contributed by atoms with Gasteiger partial charge in [0.1, 0.15) is 0 Å². The Labute approximate surface area is 134 Å². The van der Waals surface area contributed by atoms with Crippen molar-refractivity contribution in [2.24, 2.45) is 5.41 Å². The van der Waals surface area contributed by atoms with Gasteiger partial charge in [0, 0.05) is 22.9 Å². The van der Waals surface area contributed by atoms with E-state index in [1.165, 1.54) is 12.3 Å². The van der Waals surface area contributed by atoms with E-state index in [1.807, 2.05) is 20.8 Å². The predicted octanol–water partition coefficient (Wildman–Crippen LogP) is 3.02. The van der Waals surface area contributed by atoms with Gasteiger partial charge in [0.25, 0.3) is 5.91 Å². The molecule has 3 N–H and O–H groups in total. The molecule has 0 aliphatic heterocycles. The number of amides is 2. The van der Waals surface area contributed by atoms with E-state index in [4.69, 9.17) is 0 Å². The van der Waals surface area contributed by atoms with E-state index in [2.05, 4.69) is 15.6 Å². The van der Waals surface area contributed by atoms with Crippen LogP contribution in [-0.4, -0.2) is 21.9 Å². The van der Waals surface area contributed by atoms with Crippen LogP contribution in [0.2, 0.25) is 0 Å². The minimum absolute atomic E-state index is 0.0848. The fourth-order valence-electron chi connectivity index (χ4n) is 1.73. The summed E-state index contributed by atoms with van der Waals surface area (Å²) in [5.41, 5.74) is 0.349. The Morgan fingerprint density at radius 1 is 1.09 bits per heavy atom. The molecule has 0 spiro atoms. The Kier molecular flexibility index (Phi) is 4.64. The van der Waals surface area contributed by atoms with Gasteiger partial charge in [-0.15, -0.1) is 0 Å². The van der Waals surface area contributed by atoms with Gasteiger partial charge < -0.3 is 15.7 Å². The Morgan fingerprint density at radius 2 is 1.83 bits per heavy atom. The maximum Gasteiger partial charge on any atom is 0.256 e. The van der Waals surface area contributed by atoms with Crippen LogP contribution in [0.3, 0.4) is 0 Å². The second-order valence-electron chi connectivity index (χ2n) is 6.11. The molecule has 23 heavy (non-hydrogen) atoms. The molecule has 0 aliphatic carbocycles. The molecule has 2 aromatic rings. The number of anilines is 2. The summed E-state index contributed by atoms with van der Waals surface area (Å²) in [6, 6.07) is 9.56. The normalized spacial score (nSPS) is 10.9. The van der Waals surface area contributed by atoms with Crippen molar-refractivity contribution in [1.82, 2.24) is 4.98 Å². The van der Waals surface area contributed by atoms with Gasteiger partial charge in [-0.25, -0.2) is 4.98 Å². The molecule has 0 unspecified atom stereocenters. The lowest BCUT2D eigenvalue weighted by molar-refractivity contribution is -0.123. The summed E-state index contributed by atoms with van der Waals surface area (Å²) in [7, 11) is 0. The van der Waals surface area contributed by atoms with Crippen molar-refractivity contribution in [3.8, 4) is 5.75 Å². The molecule has 0 saturated carbocycles. The highest BCUT2D eigenvalue weighted by Gasteiger charge is 2.21. The molecule has 2 rings (SSSR count). The first kappa shape index (κ1) is 16.5. The molecule has 0 fully saturated rings. The van der Waals surface area contributed by atoms with Gasteiger partial charge in [-0.05, 0) is 30.3 Å². The van der Waals surface area contributed by atoms with Gasteiger partial charge in [0.2, 0.25) is 5.91 Å². The van der Waals surface area contributed by atoms with E-state index in [1.54, 1.807) is 30.3 Å². The Morgan fingerprint density at radius 3 is 2.48 bits per heavy atom. The molecule has 2 amide bonds. The van der Waals surface area contributed by atoms with Gasteiger partial charge >= 0.3 is 0 Å². The number of hydrogen-bond donors (Lipinski definition) is 3. The van der Waals surface area contributed by atoms with Crippen molar-refractivity contribution in [2.75, 3.05) is 10.6 Å². The maximum absolute atomic E-state index is 12.2. The molecule has 1 heterocycles. The second-order valence-corrected chi connectivity index (χ2v) is 6.11. The van der Waals surface area contributed by atoms with Crippen LogP contribution in [0.5, 0.6) is 5.75 Å². The first-order chi connectivity index (χ1) is 10.8. The van der Waals surface area contributed by atoms with Gasteiger partial charge in [-0.1, -0.05) is 26.8 Å². The van der Waals surface area contributed by atoms with Crippen molar-refractivity contribution < 1.29 is 14.7 Å². The summed E-state index contributed by atoms with van der Waals surface area (Å²) in [5, 5.41) is 14.9. The third kappa shape index (κ3) is 4.29. The van der Waals surface area contributed by atoms with Crippen molar-refractivity contribution in [3.63, 3.8) is 0 Å². The molecule has 120 valence electrons. The highest BCUT2D eigenvalue weighted by Crippen LogP contribution is 2.21. The number of pyridine rings is 1. The molecule has 1 aromatic carbocycles. The average molecular weight is 313 g/mol. The van der Waals surface area contributed by atoms with Gasteiger partial charge in [-0.3, -0.25) is 9.59 Å². The van der Waals surface area contributed by atoms with Crippen LogP contribution >= 0.6 is 0 Å². The SMILES string of the molecule is CC(C)(C)C(=O)Nc1cccc(C(=O)Nc2ncccc2O)c1. The molecular weight excluding hydrogens is 294 g/mol. The van der Waals surface area contributed by atoms with Crippen molar-refractivity contribution in [3.05, 3.63) is 48.2 Å². The molecule has 0 saturated heterocycles. The van der Waals surface area contributed by atoms with Crippen LogP contribution in [0.25, 0.3) is 0 Å². The van der Waals surface area contributed by atoms with Crippen LogP contribution in [0.1, 0.15) is 31.1 Å². The van der Waals surface area contributed by atoms with Crippen LogP contribution in [0.15, 0.2) is 42.6 Å². The molecular formula is C17H19N3O3. The number of hydrogen-bond acceptors (Lipinski definition) is 4. The fourth-order valence-corrected chi connectivity index (χ4v) is 1.73. The first-order valence-electron chi connectivity index (χ1n) is 7.14. The molecule has 0 radical (unpaired) electrons. The zero-order valence-corrected chi connectivity index (χ0v) is 13.3. The largest absolute Gasteiger partial charge is 0.504 e. The average Bonchev–Trinajstić information content (AvgIpc) is 2.49. The lowest BCUT2D eigenvalue weighted by atomic mass is 9.95. The number of nitrogens with zero attached hydrogens (tertiary/aromatic N) is 1. The van der Waals surface area contributed by atoms with E-state index >= 15 is 0 Å². The number of rotatable bonds is 3. The fraction of sp³-hybridized carbons (Fsp3) is 0.235. The smallest absolute Gasteiger partial charge is 0.256 e. The van der Waals surface area contributed by atoms with Crippen molar-refractivity contribution >= 4 is 23.3 Å². The Hall–Kier alpha value is -2.89. The van der Waals surface area contributed by atoms with Crippen LogP contribution in [0, 0.1) is 5.41 Å². The van der Waals surface area contributed by atoms with Crippen LogP contribution < -0.4 is 10.6 Å². The zero-order chi connectivity index (χ0) is 17.0. The quantitative estimate of drug-likeness (QED) is 0.812.